The van der Waals surface area contributed by atoms with E-state index in [1.54, 1.807) is 0 Å². The third-order valence-electron chi connectivity index (χ3n) is 2.16. The highest BCUT2D eigenvalue weighted by atomic mass is 127. The minimum absolute atomic E-state index is 0. The molecule has 2 N–H and O–H groups in total. The lowest BCUT2D eigenvalue weighted by Crippen LogP contribution is -2.37. The van der Waals surface area contributed by atoms with Crippen molar-refractivity contribution in [3.63, 3.8) is 0 Å². The summed E-state index contributed by atoms with van der Waals surface area (Å²) in [5, 5.41) is 6.60. The first-order valence-corrected chi connectivity index (χ1v) is 6.37. The van der Waals surface area contributed by atoms with Crippen molar-refractivity contribution in [2.45, 2.75) is 52.9 Å². The smallest absolute Gasteiger partial charge is 0.191 e. The quantitative estimate of drug-likeness (QED) is 0.308. The van der Waals surface area contributed by atoms with Crippen LogP contribution in [0.15, 0.2) is 4.99 Å². The van der Waals surface area contributed by atoms with Crippen molar-refractivity contribution in [2.24, 2.45) is 4.99 Å². The summed E-state index contributed by atoms with van der Waals surface area (Å²) < 4.78 is 0. The van der Waals surface area contributed by atoms with Crippen molar-refractivity contribution in [1.29, 1.82) is 0 Å². The van der Waals surface area contributed by atoms with Crippen LogP contribution in [0.4, 0.5) is 0 Å². The average molecular weight is 341 g/mol. The maximum Gasteiger partial charge on any atom is 0.191 e. The minimum Gasteiger partial charge on any atom is -0.357 e. The van der Waals surface area contributed by atoms with E-state index in [0.29, 0.717) is 0 Å². The number of hydrogen-bond donors (Lipinski definition) is 2. The number of hydrogen-bond acceptors (Lipinski definition) is 1. The summed E-state index contributed by atoms with van der Waals surface area (Å²) in [7, 11) is 0. The summed E-state index contributed by atoms with van der Waals surface area (Å²) in [5.41, 5.74) is 0. The lowest BCUT2D eigenvalue weighted by molar-refractivity contribution is 0.647. The fourth-order valence-corrected chi connectivity index (χ4v) is 1.32. The second-order valence-corrected chi connectivity index (χ2v) is 3.75. The molecule has 0 saturated carbocycles. The average Bonchev–Trinajstić information content (AvgIpc) is 2.25. The summed E-state index contributed by atoms with van der Waals surface area (Å²) in [6.07, 6.45) is 6.29. The molecular weight excluding hydrogens is 313 g/mol. The molecule has 0 aliphatic carbocycles. The first kappa shape index (κ1) is 18.4. The molecule has 0 amide bonds. The number of nitrogens with zero attached hydrogens (tertiary/aromatic N) is 1. The molecule has 0 aromatic rings. The molecule has 0 aromatic carbocycles. The van der Waals surface area contributed by atoms with E-state index in [1.807, 2.05) is 0 Å². The van der Waals surface area contributed by atoms with Crippen molar-refractivity contribution in [1.82, 2.24) is 10.6 Å². The third-order valence-corrected chi connectivity index (χ3v) is 2.16. The van der Waals surface area contributed by atoms with Crippen LogP contribution in [0.2, 0.25) is 0 Å². The van der Waals surface area contributed by atoms with Crippen LogP contribution < -0.4 is 10.6 Å². The molecule has 0 aromatic heterocycles. The van der Waals surface area contributed by atoms with E-state index in [-0.39, 0.29) is 24.0 Å². The summed E-state index contributed by atoms with van der Waals surface area (Å²) in [6, 6.07) is 0. The van der Waals surface area contributed by atoms with Gasteiger partial charge in [0.15, 0.2) is 5.96 Å². The zero-order valence-electron chi connectivity index (χ0n) is 11.0. The fourth-order valence-electron chi connectivity index (χ4n) is 1.32. The number of unbranched alkanes of at least 4 members (excludes halogenated alkanes) is 3. The molecule has 98 valence electrons. The van der Waals surface area contributed by atoms with Gasteiger partial charge in [0.1, 0.15) is 0 Å². The monoisotopic (exact) mass is 341 g/mol. The number of guanidine groups is 1. The summed E-state index contributed by atoms with van der Waals surface area (Å²) in [4.78, 5) is 4.44. The van der Waals surface area contributed by atoms with Crippen molar-refractivity contribution < 1.29 is 0 Å². The Bertz CT molecular complexity index is 160. The van der Waals surface area contributed by atoms with E-state index in [1.165, 1.54) is 25.7 Å². The lowest BCUT2D eigenvalue weighted by Gasteiger charge is -2.10. The molecule has 0 spiro atoms. The van der Waals surface area contributed by atoms with Crippen molar-refractivity contribution in [3.8, 4) is 0 Å². The molecule has 0 bridgehead atoms. The van der Waals surface area contributed by atoms with Crippen LogP contribution >= 0.6 is 24.0 Å². The van der Waals surface area contributed by atoms with Gasteiger partial charge in [0.25, 0.3) is 0 Å². The topological polar surface area (TPSA) is 36.4 Å². The van der Waals surface area contributed by atoms with Crippen molar-refractivity contribution in [2.75, 3.05) is 19.6 Å². The Morgan fingerprint density at radius 1 is 0.938 bits per heavy atom. The Morgan fingerprint density at radius 3 is 2.25 bits per heavy atom. The molecule has 0 atom stereocenters. The Hall–Kier alpha value is 0. The fraction of sp³-hybridized carbons (Fsp3) is 0.917. The number of nitrogens with one attached hydrogen (secondary N) is 2. The molecule has 0 aliphatic heterocycles. The van der Waals surface area contributed by atoms with Gasteiger partial charge in [-0.15, -0.1) is 24.0 Å². The highest BCUT2D eigenvalue weighted by Gasteiger charge is 1.94. The summed E-state index contributed by atoms with van der Waals surface area (Å²) in [5.74, 6) is 0.968. The highest BCUT2D eigenvalue weighted by Crippen LogP contribution is 1.96. The van der Waals surface area contributed by atoms with Crippen molar-refractivity contribution in [3.05, 3.63) is 0 Å². The van der Waals surface area contributed by atoms with E-state index < -0.39 is 0 Å². The van der Waals surface area contributed by atoms with Crippen LogP contribution in [0.3, 0.4) is 0 Å². The third kappa shape index (κ3) is 12.1. The van der Waals surface area contributed by atoms with Gasteiger partial charge in [0, 0.05) is 19.6 Å². The molecule has 0 radical (unpaired) electrons. The van der Waals surface area contributed by atoms with Gasteiger partial charge >= 0.3 is 0 Å². The van der Waals surface area contributed by atoms with Crippen LogP contribution in [0.25, 0.3) is 0 Å². The van der Waals surface area contributed by atoms with Crippen LogP contribution in [0.5, 0.6) is 0 Å². The Labute approximate surface area is 118 Å². The molecule has 16 heavy (non-hydrogen) atoms. The first-order valence-electron chi connectivity index (χ1n) is 6.37. The van der Waals surface area contributed by atoms with Gasteiger partial charge in [-0.1, -0.05) is 33.1 Å². The second kappa shape index (κ2) is 15.0. The van der Waals surface area contributed by atoms with Gasteiger partial charge in [0.2, 0.25) is 0 Å². The molecule has 0 unspecified atom stereocenters. The predicted molar refractivity (Wildman–Crippen MR) is 83.8 cm³/mol. The summed E-state index contributed by atoms with van der Waals surface area (Å²) >= 11 is 0. The van der Waals surface area contributed by atoms with Gasteiger partial charge < -0.3 is 10.6 Å². The Kier molecular flexibility index (Phi) is 17.2. The molecule has 0 heterocycles. The van der Waals surface area contributed by atoms with Gasteiger partial charge in [-0.2, -0.15) is 0 Å². The second-order valence-electron chi connectivity index (χ2n) is 3.75. The first-order chi connectivity index (χ1) is 7.35. The largest absolute Gasteiger partial charge is 0.357 e. The van der Waals surface area contributed by atoms with Crippen LogP contribution in [-0.2, 0) is 0 Å². The molecule has 0 aliphatic rings. The van der Waals surface area contributed by atoms with Crippen LogP contribution in [0.1, 0.15) is 52.9 Å². The number of rotatable bonds is 8. The van der Waals surface area contributed by atoms with Gasteiger partial charge in [-0.25, -0.2) is 0 Å². The normalized spacial score (nSPS) is 10.8. The SMILES string of the molecule is CCCCCCNC(=NCCC)NCC.I. The number of aliphatic imine (C=N–C) groups is 1. The molecule has 0 saturated heterocycles. The highest BCUT2D eigenvalue weighted by molar-refractivity contribution is 14.0. The van der Waals surface area contributed by atoms with E-state index in [2.05, 4.69) is 36.4 Å². The zero-order valence-corrected chi connectivity index (χ0v) is 13.3. The Balaban J connectivity index is 0. The Morgan fingerprint density at radius 2 is 1.69 bits per heavy atom. The molecule has 4 heteroatoms. The van der Waals surface area contributed by atoms with Crippen LogP contribution in [-0.4, -0.2) is 25.6 Å². The number of halogens is 1. The van der Waals surface area contributed by atoms with E-state index in [4.69, 9.17) is 0 Å². The summed E-state index contributed by atoms with van der Waals surface area (Å²) in [6.45, 7) is 9.36. The van der Waals surface area contributed by atoms with Crippen molar-refractivity contribution >= 4 is 29.9 Å². The van der Waals surface area contributed by atoms with Gasteiger partial charge in [-0.05, 0) is 19.8 Å². The van der Waals surface area contributed by atoms with Crippen LogP contribution in [0, 0.1) is 0 Å². The van der Waals surface area contributed by atoms with Gasteiger partial charge in [0.05, 0.1) is 0 Å². The van der Waals surface area contributed by atoms with E-state index in [9.17, 15) is 0 Å². The van der Waals surface area contributed by atoms with E-state index >= 15 is 0 Å². The minimum atomic E-state index is 0. The standard InChI is InChI=1S/C12H27N3.HI/c1-4-7-8-9-11-15-12(13-6-3)14-10-5-2;/h4-11H2,1-3H3,(H2,13,14,15);1H. The molecule has 3 nitrogen and oxygen atoms in total. The molecular formula is C12H28IN3. The van der Waals surface area contributed by atoms with E-state index in [0.717, 1.165) is 32.0 Å². The zero-order chi connectivity index (χ0) is 11.4. The predicted octanol–water partition coefficient (Wildman–Crippen LogP) is 3.15. The van der Waals surface area contributed by atoms with Gasteiger partial charge in [-0.3, -0.25) is 4.99 Å². The molecule has 0 fully saturated rings. The lowest BCUT2D eigenvalue weighted by atomic mass is 10.2. The molecule has 0 rings (SSSR count). The maximum absolute atomic E-state index is 4.44. The maximum atomic E-state index is 4.44.